The van der Waals surface area contributed by atoms with Crippen LogP contribution in [0.4, 0.5) is 0 Å². The van der Waals surface area contributed by atoms with E-state index < -0.39 is 57.9 Å². The molecule has 1 saturated heterocycles. The molecule has 0 bridgehead atoms. The molecule has 1 aromatic carbocycles. The first kappa shape index (κ1) is 31.8. The van der Waals surface area contributed by atoms with Crippen molar-refractivity contribution in [3.63, 3.8) is 0 Å². The summed E-state index contributed by atoms with van der Waals surface area (Å²) in [6.45, 7) is -0.0765. The molecule has 1 unspecified atom stereocenters. The van der Waals surface area contributed by atoms with Gasteiger partial charge in [-0.25, -0.2) is 4.79 Å². The van der Waals surface area contributed by atoms with E-state index in [0.29, 0.717) is 24.2 Å². The Balaban J connectivity index is 1.65. The van der Waals surface area contributed by atoms with Gasteiger partial charge in [0.2, 0.25) is 0 Å². The molecule has 0 radical (unpaired) electrons. The number of hydrogen-bond acceptors (Lipinski definition) is 11. The van der Waals surface area contributed by atoms with E-state index >= 15 is 0 Å². The van der Waals surface area contributed by atoms with Crippen molar-refractivity contribution in [1.82, 2.24) is 14.5 Å². The molecule has 1 aliphatic rings. The monoisotopic (exact) mass is 607 g/mol. The summed E-state index contributed by atoms with van der Waals surface area (Å²) in [5.74, 6) is -1.69. The highest BCUT2D eigenvalue weighted by atomic mass is 31.2. The average molecular weight is 607 g/mol. The quantitative estimate of drug-likeness (QED) is 0.101. The van der Waals surface area contributed by atoms with Gasteiger partial charge in [0.1, 0.15) is 24.9 Å². The van der Waals surface area contributed by atoms with Gasteiger partial charge in [-0.15, -0.1) is 0 Å². The van der Waals surface area contributed by atoms with Gasteiger partial charge in [0.25, 0.3) is 5.91 Å². The number of nitrogens with zero attached hydrogens (tertiary/aromatic N) is 3. The maximum absolute atomic E-state index is 12.9. The van der Waals surface area contributed by atoms with E-state index in [0.717, 1.165) is 9.13 Å². The van der Waals surface area contributed by atoms with Crippen LogP contribution in [-0.2, 0) is 36.9 Å². The molecule has 17 nitrogen and oxygen atoms in total. The number of aliphatic hydroxyl groups excluding tert-OH is 2. The third-order valence-electron chi connectivity index (χ3n) is 5.69. The van der Waals surface area contributed by atoms with Gasteiger partial charge in [-0.2, -0.15) is 0 Å². The van der Waals surface area contributed by atoms with E-state index in [4.69, 9.17) is 25.1 Å². The number of nitrogens with one attached hydrogen (secondary N) is 1. The Labute approximate surface area is 227 Å². The molecule has 0 spiro atoms. The van der Waals surface area contributed by atoms with Crippen LogP contribution in [0.5, 0.6) is 0 Å². The Morgan fingerprint density at radius 1 is 1.15 bits per heavy atom. The third kappa shape index (κ3) is 8.41. The first-order chi connectivity index (χ1) is 18.7. The van der Waals surface area contributed by atoms with Gasteiger partial charge in [0.05, 0.1) is 6.61 Å². The molecule has 0 saturated carbocycles. The summed E-state index contributed by atoms with van der Waals surface area (Å²) in [6, 6.07) is 7.96. The van der Waals surface area contributed by atoms with Crippen molar-refractivity contribution < 1.29 is 52.9 Å². The van der Waals surface area contributed by atoms with E-state index in [9.17, 15) is 33.8 Å². The molecule has 1 fully saturated rings. The number of amides is 1. The summed E-state index contributed by atoms with van der Waals surface area (Å²) in [6.07, 6.45) is -4.87. The lowest BCUT2D eigenvalue weighted by Crippen LogP contribution is -2.42. The van der Waals surface area contributed by atoms with Gasteiger partial charge in [-0.05, 0) is 17.7 Å². The van der Waals surface area contributed by atoms with E-state index in [1.807, 2.05) is 0 Å². The van der Waals surface area contributed by atoms with Crippen LogP contribution in [0.2, 0.25) is 0 Å². The number of aliphatic hydroxyl groups is 2. The lowest BCUT2D eigenvalue weighted by atomic mass is 10.1. The van der Waals surface area contributed by atoms with Crippen LogP contribution in [0.15, 0.2) is 46.5 Å². The molecule has 1 aliphatic heterocycles. The number of benzene rings is 1. The Kier molecular flexibility index (Phi) is 10.6. The molecule has 19 heteroatoms. The van der Waals surface area contributed by atoms with Crippen LogP contribution in [0.25, 0.3) is 0 Å². The predicted molar refractivity (Wildman–Crippen MR) is 136 cm³/mol. The number of aromatic nitrogens is 2. The summed E-state index contributed by atoms with van der Waals surface area (Å²) >= 11 is 0. The summed E-state index contributed by atoms with van der Waals surface area (Å²) in [5, 5.41) is 27.3. The summed E-state index contributed by atoms with van der Waals surface area (Å²) in [4.78, 5) is 57.5. The predicted octanol–water partition coefficient (Wildman–Crippen LogP) is -2.14. The lowest BCUT2D eigenvalue weighted by molar-refractivity contribution is -0.0530. The number of ether oxygens (including phenoxy) is 1. The molecule has 1 aromatic heterocycles. The Hall–Kier alpha value is -2.69. The molecular formula is C21H31N5O12P2. The zero-order chi connectivity index (χ0) is 29.7. The zero-order valence-corrected chi connectivity index (χ0v) is 23.0. The number of hydrogen-bond donors (Lipinski definition) is 7. The number of carbonyl (C=O) groups is 1. The largest absolute Gasteiger partial charge is 0.389 e. The van der Waals surface area contributed by atoms with Gasteiger partial charge in [-0.1, -0.05) is 17.3 Å². The highest BCUT2D eigenvalue weighted by Gasteiger charge is 2.45. The normalized spacial score (nSPS) is 23.1. The van der Waals surface area contributed by atoms with Gasteiger partial charge < -0.3 is 50.0 Å². The standard InChI is InChI=1S/C21H31N5O12P2/c1-25-16(24-36-10-13-2-4-14(5-3-13)19(29)23-8-7-22)6-9-26(21(25)30)20-18(28)17(27)15(38-20)11-37-40(34,35)12-39(31,32)33/h2-6,9,15,17-18,20,27-28H,7-8,10-12,22H2,1H3,(H,23,29)(H,34,35)(H2,31,32,33)/t15-,17-,18-,20-/m1/s1. The number of carbonyl (C=O) groups excluding carboxylic acids is 1. The summed E-state index contributed by atoms with van der Waals surface area (Å²) < 4.78 is 35.0. The molecule has 5 atom stereocenters. The second-order valence-corrected chi connectivity index (χ2v) is 12.8. The van der Waals surface area contributed by atoms with Crippen LogP contribution < -0.4 is 22.2 Å². The minimum absolute atomic E-state index is 0.0306. The minimum atomic E-state index is -4.86. The number of nitrogens with two attached hydrogens (primary N) is 1. The van der Waals surface area contributed by atoms with Gasteiger partial charge in [-0.3, -0.25) is 23.1 Å². The zero-order valence-electron chi connectivity index (χ0n) is 21.2. The van der Waals surface area contributed by atoms with Gasteiger partial charge in [0.15, 0.2) is 17.6 Å². The van der Waals surface area contributed by atoms with Crippen LogP contribution in [0.1, 0.15) is 22.1 Å². The van der Waals surface area contributed by atoms with E-state index in [1.165, 1.54) is 19.3 Å². The van der Waals surface area contributed by atoms with Crippen LogP contribution in [-0.4, -0.2) is 83.8 Å². The average Bonchev–Trinajstić information content (AvgIpc) is 3.16. The van der Waals surface area contributed by atoms with Crippen molar-refractivity contribution in [2.45, 2.75) is 31.1 Å². The van der Waals surface area contributed by atoms with Gasteiger partial charge in [0, 0.05) is 38.0 Å². The maximum Gasteiger partial charge on any atom is 0.340 e. The molecule has 8 N–H and O–H groups in total. The minimum Gasteiger partial charge on any atom is -0.389 e. The molecule has 2 heterocycles. The third-order valence-corrected chi connectivity index (χ3v) is 9.14. The van der Waals surface area contributed by atoms with Crippen molar-refractivity contribution >= 4 is 21.1 Å². The smallest absolute Gasteiger partial charge is 0.340 e. The fourth-order valence-corrected chi connectivity index (χ4v) is 6.22. The van der Waals surface area contributed by atoms with Crippen LogP contribution in [0, 0.1) is 0 Å². The second-order valence-electron chi connectivity index (χ2n) is 8.81. The topological polar surface area (TPSA) is 257 Å². The summed E-state index contributed by atoms with van der Waals surface area (Å²) in [7, 11) is -8.22. The van der Waals surface area contributed by atoms with Crippen molar-refractivity contribution in [3.8, 4) is 0 Å². The SMILES string of the molecule is Cn1c(=NOCc2ccc(C(=O)NCCN)cc2)ccn([C@@H]2O[C@H](COP(=O)(O)CP(=O)(O)O)[C@@H](O)[C@H]2O)c1=O. The highest BCUT2D eigenvalue weighted by Crippen LogP contribution is 2.55. The van der Waals surface area contributed by atoms with Crippen LogP contribution in [0.3, 0.4) is 0 Å². The van der Waals surface area contributed by atoms with E-state index in [-0.39, 0.29) is 18.0 Å². The maximum atomic E-state index is 12.9. The van der Waals surface area contributed by atoms with Crippen molar-refractivity contribution in [1.29, 1.82) is 0 Å². The molecule has 2 aromatic rings. The fraction of sp³-hybridized carbons (Fsp3) is 0.476. The first-order valence-electron chi connectivity index (χ1n) is 11.8. The second kappa shape index (κ2) is 13.3. The first-order valence-corrected chi connectivity index (χ1v) is 15.3. The highest BCUT2D eigenvalue weighted by molar-refractivity contribution is 7.70. The molecular weight excluding hydrogens is 576 g/mol. The molecule has 40 heavy (non-hydrogen) atoms. The van der Waals surface area contributed by atoms with Crippen molar-refractivity contribution in [2.75, 3.05) is 25.6 Å². The Morgan fingerprint density at radius 3 is 2.45 bits per heavy atom. The Morgan fingerprint density at radius 2 is 1.82 bits per heavy atom. The molecule has 1 amide bonds. The summed E-state index contributed by atoms with van der Waals surface area (Å²) in [5.41, 5.74) is 5.90. The van der Waals surface area contributed by atoms with Crippen molar-refractivity contribution in [2.24, 2.45) is 17.9 Å². The molecule has 3 rings (SSSR count). The molecule has 222 valence electrons. The van der Waals surface area contributed by atoms with Gasteiger partial charge >= 0.3 is 20.9 Å². The van der Waals surface area contributed by atoms with Crippen LogP contribution >= 0.6 is 15.2 Å². The number of rotatable bonds is 12. The van der Waals surface area contributed by atoms with E-state index in [2.05, 4.69) is 15.0 Å². The lowest BCUT2D eigenvalue weighted by Gasteiger charge is -2.19. The molecule has 0 aliphatic carbocycles. The Bertz CT molecular complexity index is 1410. The van der Waals surface area contributed by atoms with Crippen molar-refractivity contribution in [3.05, 3.63) is 63.6 Å². The van der Waals surface area contributed by atoms with E-state index in [1.54, 1.807) is 24.3 Å². The fourth-order valence-electron chi connectivity index (χ4n) is 3.65.